The van der Waals surface area contributed by atoms with Gasteiger partial charge in [-0.1, -0.05) is 30.3 Å². The quantitative estimate of drug-likeness (QED) is 0.772. The molecular weight excluding hydrogens is 278 g/mol. The Morgan fingerprint density at radius 1 is 1.23 bits per heavy atom. The fraction of sp³-hybridized carbons (Fsp3) is 0.500. The Kier molecular flexibility index (Phi) is 6.31. The second kappa shape index (κ2) is 8.47. The molecule has 0 saturated heterocycles. The lowest BCUT2D eigenvalue weighted by Gasteiger charge is -2.33. The Morgan fingerprint density at radius 3 is 2.55 bits per heavy atom. The third-order valence-corrected chi connectivity index (χ3v) is 4.27. The number of carbonyl (C=O) groups excluding carboxylic acids is 1. The summed E-state index contributed by atoms with van der Waals surface area (Å²) >= 11 is 0. The lowest BCUT2D eigenvalue weighted by molar-refractivity contribution is 0.0810. The Balaban J connectivity index is 1.76. The van der Waals surface area contributed by atoms with Crippen molar-refractivity contribution in [1.82, 2.24) is 4.90 Å². The van der Waals surface area contributed by atoms with Crippen LogP contribution in [0, 0.1) is 5.92 Å². The molecule has 0 bridgehead atoms. The van der Waals surface area contributed by atoms with Crippen LogP contribution in [-0.4, -0.2) is 31.2 Å². The first-order chi connectivity index (χ1) is 10.7. The minimum absolute atomic E-state index is 0.236. The summed E-state index contributed by atoms with van der Waals surface area (Å²) in [6.45, 7) is 0.329. The van der Waals surface area contributed by atoms with Gasteiger partial charge in [0.15, 0.2) is 0 Å². The molecule has 4 nitrogen and oxygen atoms in total. The third-order valence-electron chi connectivity index (χ3n) is 4.27. The van der Waals surface area contributed by atoms with E-state index in [1.165, 1.54) is 0 Å². The van der Waals surface area contributed by atoms with E-state index in [1.807, 2.05) is 37.4 Å². The minimum atomic E-state index is -0.236. The van der Waals surface area contributed by atoms with Gasteiger partial charge in [-0.05, 0) is 43.2 Å². The standard InChI is InChI=1S/C18H25NO3/c1-19(17-10-8-15(9-11-17)12-13-21-2)18(20)22-14-16-6-4-3-5-7-16/h3-7,12-13,15,17H,8-11,14H2,1-2H3. The van der Waals surface area contributed by atoms with E-state index in [-0.39, 0.29) is 12.1 Å². The Labute approximate surface area is 132 Å². The van der Waals surface area contributed by atoms with Crippen LogP contribution in [0.2, 0.25) is 0 Å². The van der Waals surface area contributed by atoms with E-state index < -0.39 is 0 Å². The van der Waals surface area contributed by atoms with Crippen molar-refractivity contribution >= 4 is 6.09 Å². The van der Waals surface area contributed by atoms with Gasteiger partial charge in [0.2, 0.25) is 0 Å². The molecule has 0 N–H and O–H groups in total. The van der Waals surface area contributed by atoms with Gasteiger partial charge < -0.3 is 14.4 Å². The molecule has 1 aromatic carbocycles. The van der Waals surface area contributed by atoms with E-state index in [0.717, 1.165) is 31.2 Å². The maximum absolute atomic E-state index is 12.1. The minimum Gasteiger partial charge on any atom is -0.505 e. The first-order valence-corrected chi connectivity index (χ1v) is 7.83. The average Bonchev–Trinajstić information content (AvgIpc) is 2.58. The van der Waals surface area contributed by atoms with Gasteiger partial charge in [0.1, 0.15) is 6.61 Å². The number of allylic oxidation sites excluding steroid dienone is 1. The van der Waals surface area contributed by atoms with Crippen molar-refractivity contribution in [3.8, 4) is 0 Å². The van der Waals surface area contributed by atoms with Crippen LogP contribution in [-0.2, 0) is 16.1 Å². The molecule has 0 unspecified atom stereocenters. The summed E-state index contributed by atoms with van der Waals surface area (Å²) in [6, 6.07) is 10.0. The van der Waals surface area contributed by atoms with Crippen molar-refractivity contribution < 1.29 is 14.3 Å². The second-order valence-corrected chi connectivity index (χ2v) is 5.78. The van der Waals surface area contributed by atoms with Gasteiger partial charge in [0, 0.05) is 13.1 Å². The number of carbonyl (C=O) groups is 1. The van der Waals surface area contributed by atoms with Crippen molar-refractivity contribution in [3.63, 3.8) is 0 Å². The fourth-order valence-corrected chi connectivity index (χ4v) is 2.84. The van der Waals surface area contributed by atoms with Crippen LogP contribution < -0.4 is 0 Å². The molecule has 0 atom stereocenters. The molecule has 1 aliphatic rings. The van der Waals surface area contributed by atoms with E-state index >= 15 is 0 Å². The number of nitrogens with zero attached hydrogens (tertiary/aromatic N) is 1. The van der Waals surface area contributed by atoms with Crippen LogP contribution in [0.3, 0.4) is 0 Å². The van der Waals surface area contributed by atoms with Crippen LogP contribution in [0.25, 0.3) is 0 Å². The maximum atomic E-state index is 12.1. The molecule has 1 saturated carbocycles. The molecule has 1 aromatic rings. The van der Waals surface area contributed by atoms with Crippen LogP contribution in [0.4, 0.5) is 4.79 Å². The van der Waals surface area contributed by atoms with E-state index in [2.05, 4.69) is 6.08 Å². The first-order valence-electron chi connectivity index (χ1n) is 7.83. The van der Waals surface area contributed by atoms with E-state index in [0.29, 0.717) is 12.5 Å². The topological polar surface area (TPSA) is 38.8 Å². The number of benzene rings is 1. The van der Waals surface area contributed by atoms with Gasteiger partial charge in [-0.25, -0.2) is 4.79 Å². The molecule has 0 radical (unpaired) electrons. The van der Waals surface area contributed by atoms with Gasteiger partial charge in [-0.15, -0.1) is 0 Å². The maximum Gasteiger partial charge on any atom is 0.410 e. The molecule has 1 amide bonds. The summed E-state index contributed by atoms with van der Waals surface area (Å²) in [4.78, 5) is 13.9. The molecule has 1 aliphatic carbocycles. The Hall–Kier alpha value is -1.97. The van der Waals surface area contributed by atoms with E-state index in [4.69, 9.17) is 9.47 Å². The normalized spacial score (nSPS) is 21.5. The second-order valence-electron chi connectivity index (χ2n) is 5.78. The van der Waals surface area contributed by atoms with Crippen molar-refractivity contribution in [2.24, 2.45) is 5.92 Å². The van der Waals surface area contributed by atoms with Crippen LogP contribution in [0.1, 0.15) is 31.2 Å². The van der Waals surface area contributed by atoms with Gasteiger partial charge in [0.05, 0.1) is 13.4 Å². The number of methoxy groups -OCH3 is 1. The highest BCUT2D eigenvalue weighted by Gasteiger charge is 2.26. The molecule has 0 aromatic heterocycles. The number of hydrogen-bond donors (Lipinski definition) is 0. The molecule has 0 aliphatic heterocycles. The van der Waals surface area contributed by atoms with Crippen LogP contribution in [0.15, 0.2) is 42.7 Å². The molecule has 0 spiro atoms. The molecule has 0 heterocycles. The lowest BCUT2D eigenvalue weighted by Crippen LogP contribution is -2.39. The van der Waals surface area contributed by atoms with Gasteiger partial charge in [0.25, 0.3) is 0 Å². The highest BCUT2D eigenvalue weighted by atomic mass is 16.6. The first kappa shape index (κ1) is 16.4. The molecule has 2 rings (SSSR count). The molecule has 22 heavy (non-hydrogen) atoms. The van der Waals surface area contributed by atoms with Crippen molar-refractivity contribution in [2.45, 2.75) is 38.3 Å². The largest absolute Gasteiger partial charge is 0.505 e. The summed E-state index contributed by atoms with van der Waals surface area (Å²) in [5.41, 5.74) is 1.01. The van der Waals surface area contributed by atoms with Crippen LogP contribution in [0.5, 0.6) is 0 Å². The monoisotopic (exact) mass is 303 g/mol. The van der Waals surface area contributed by atoms with Crippen LogP contribution >= 0.6 is 0 Å². The molecule has 120 valence electrons. The summed E-state index contributed by atoms with van der Waals surface area (Å²) in [6.07, 6.45) is 7.82. The number of amides is 1. The smallest absolute Gasteiger partial charge is 0.410 e. The van der Waals surface area contributed by atoms with Gasteiger partial charge in [-0.3, -0.25) is 0 Å². The summed E-state index contributed by atoms with van der Waals surface area (Å²) < 4.78 is 10.4. The lowest BCUT2D eigenvalue weighted by atomic mass is 9.85. The van der Waals surface area contributed by atoms with Gasteiger partial charge >= 0.3 is 6.09 Å². The SMILES string of the molecule is COC=CC1CCC(N(C)C(=O)OCc2ccccc2)CC1. The highest BCUT2D eigenvalue weighted by Crippen LogP contribution is 2.28. The van der Waals surface area contributed by atoms with Crippen molar-refractivity contribution in [1.29, 1.82) is 0 Å². The zero-order valence-corrected chi connectivity index (χ0v) is 13.4. The predicted octanol–water partition coefficient (Wildman–Crippen LogP) is 3.97. The molecule has 4 heteroatoms. The van der Waals surface area contributed by atoms with E-state index in [9.17, 15) is 4.79 Å². The van der Waals surface area contributed by atoms with E-state index in [1.54, 1.807) is 18.3 Å². The summed E-state index contributed by atoms with van der Waals surface area (Å²) in [7, 11) is 3.50. The zero-order valence-electron chi connectivity index (χ0n) is 13.4. The third kappa shape index (κ3) is 4.79. The summed E-state index contributed by atoms with van der Waals surface area (Å²) in [5, 5.41) is 0. The Bertz CT molecular complexity index is 478. The average molecular weight is 303 g/mol. The molecule has 1 fully saturated rings. The fourth-order valence-electron chi connectivity index (χ4n) is 2.84. The Morgan fingerprint density at radius 2 is 1.91 bits per heavy atom. The van der Waals surface area contributed by atoms with Gasteiger partial charge in [-0.2, -0.15) is 0 Å². The zero-order chi connectivity index (χ0) is 15.8. The van der Waals surface area contributed by atoms with Crippen molar-refractivity contribution in [3.05, 3.63) is 48.2 Å². The number of ether oxygens (including phenoxy) is 2. The highest BCUT2D eigenvalue weighted by molar-refractivity contribution is 5.67. The number of rotatable bonds is 5. The summed E-state index contributed by atoms with van der Waals surface area (Å²) in [5.74, 6) is 0.560. The predicted molar refractivity (Wildman–Crippen MR) is 86.3 cm³/mol. The molecular formula is C18H25NO3. The van der Waals surface area contributed by atoms with Crippen molar-refractivity contribution in [2.75, 3.05) is 14.2 Å². The number of hydrogen-bond acceptors (Lipinski definition) is 3.